The SMILES string of the molecule is CCCCCCCCP1(Cl)(CCCC)CCCCC1. The van der Waals surface area contributed by atoms with Gasteiger partial charge >= 0.3 is 126 Å². The van der Waals surface area contributed by atoms with Gasteiger partial charge in [0.1, 0.15) is 0 Å². The number of hydrogen-bond donors (Lipinski definition) is 0. The average molecular weight is 307 g/mol. The molecule has 0 unspecified atom stereocenters. The zero-order valence-electron chi connectivity index (χ0n) is 13.4. The van der Waals surface area contributed by atoms with E-state index in [0.29, 0.717) is 0 Å². The molecule has 0 aromatic rings. The summed E-state index contributed by atoms with van der Waals surface area (Å²) in [5.41, 5.74) is 0. The molecule has 1 aliphatic rings. The van der Waals surface area contributed by atoms with E-state index in [9.17, 15) is 0 Å². The first kappa shape index (κ1) is 17.8. The van der Waals surface area contributed by atoms with Crippen LogP contribution in [-0.2, 0) is 0 Å². The molecule has 0 amide bonds. The molecular weight excluding hydrogens is 271 g/mol. The molecule has 1 fully saturated rings. The Morgan fingerprint density at radius 2 is 1.21 bits per heavy atom. The summed E-state index contributed by atoms with van der Waals surface area (Å²) in [6.45, 7) is 4.61. The molecule has 0 atom stereocenters. The maximum absolute atomic E-state index is 7.38. The molecule has 0 saturated carbocycles. The van der Waals surface area contributed by atoms with Gasteiger partial charge in [0.2, 0.25) is 0 Å². The van der Waals surface area contributed by atoms with Crippen molar-refractivity contribution in [2.24, 2.45) is 0 Å². The van der Waals surface area contributed by atoms with Crippen molar-refractivity contribution in [1.82, 2.24) is 0 Å². The van der Waals surface area contributed by atoms with Crippen LogP contribution in [0.1, 0.15) is 84.5 Å². The second kappa shape index (κ2) is 8.89. The Balaban J connectivity index is 2.36. The van der Waals surface area contributed by atoms with E-state index in [1.807, 2.05) is 0 Å². The van der Waals surface area contributed by atoms with Crippen molar-refractivity contribution < 1.29 is 0 Å². The van der Waals surface area contributed by atoms with E-state index in [1.54, 1.807) is 0 Å². The van der Waals surface area contributed by atoms with Gasteiger partial charge in [-0.1, -0.05) is 0 Å². The van der Waals surface area contributed by atoms with Gasteiger partial charge in [-0.3, -0.25) is 0 Å². The summed E-state index contributed by atoms with van der Waals surface area (Å²) in [5.74, 6) is -1.78. The van der Waals surface area contributed by atoms with E-state index in [0.717, 1.165) is 0 Å². The Kier molecular flexibility index (Phi) is 8.31. The molecule has 0 nitrogen and oxygen atoms in total. The number of unbranched alkanes of at least 4 members (excludes halogenated alkanes) is 6. The van der Waals surface area contributed by atoms with Crippen molar-refractivity contribution in [2.45, 2.75) is 84.5 Å². The van der Waals surface area contributed by atoms with Crippen LogP contribution in [0.2, 0.25) is 0 Å². The summed E-state index contributed by atoms with van der Waals surface area (Å²) in [6, 6.07) is 0. The number of halogens is 1. The van der Waals surface area contributed by atoms with E-state index in [2.05, 4.69) is 13.8 Å². The molecule has 1 rings (SSSR count). The van der Waals surface area contributed by atoms with Crippen molar-refractivity contribution in [1.29, 1.82) is 0 Å². The number of hydrogen-bond acceptors (Lipinski definition) is 0. The predicted molar refractivity (Wildman–Crippen MR) is 94.4 cm³/mol. The summed E-state index contributed by atoms with van der Waals surface area (Å²) < 4.78 is 0. The van der Waals surface area contributed by atoms with Gasteiger partial charge in [-0.2, -0.15) is 0 Å². The molecule has 1 heterocycles. The zero-order chi connectivity index (χ0) is 14.1. The third-order valence-corrected chi connectivity index (χ3v) is 12.8. The molecule has 1 aliphatic heterocycles. The third kappa shape index (κ3) is 6.34. The van der Waals surface area contributed by atoms with Crippen LogP contribution in [0, 0.1) is 0 Å². The first-order valence-electron chi connectivity index (χ1n) is 8.85. The van der Waals surface area contributed by atoms with Crippen molar-refractivity contribution >= 4 is 17.2 Å². The summed E-state index contributed by atoms with van der Waals surface area (Å²) in [7, 11) is 0. The fourth-order valence-corrected chi connectivity index (χ4v) is 10.6. The van der Waals surface area contributed by atoms with Gasteiger partial charge in [0, 0.05) is 0 Å². The van der Waals surface area contributed by atoms with Crippen LogP contribution in [0.3, 0.4) is 0 Å². The van der Waals surface area contributed by atoms with E-state index in [-0.39, 0.29) is 0 Å². The molecule has 0 N–H and O–H groups in total. The number of rotatable bonds is 10. The van der Waals surface area contributed by atoms with Crippen molar-refractivity contribution in [3.63, 3.8) is 0 Å². The molecule has 116 valence electrons. The zero-order valence-corrected chi connectivity index (χ0v) is 15.1. The average Bonchev–Trinajstić information content (AvgIpc) is 2.42. The van der Waals surface area contributed by atoms with Crippen LogP contribution in [0.5, 0.6) is 0 Å². The normalized spacial score (nSPS) is 23.6. The van der Waals surface area contributed by atoms with Crippen molar-refractivity contribution in [2.75, 3.05) is 24.6 Å². The first-order chi connectivity index (χ1) is 9.13. The van der Waals surface area contributed by atoms with Crippen LogP contribution in [0.25, 0.3) is 0 Å². The van der Waals surface area contributed by atoms with Crippen LogP contribution < -0.4 is 0 Å². The standard InChI is InChI=1S/C17H36ClP/c1-3-5-7-8-9-11-15-19(18,14-6-4-2)16-12-10-13-17-19/h3-17H2,1-2H3. The first-order valence-corrected chi connectivity index (χ1v) is 12.7. The summed E-state index contributed by atoms with van der Waals surface area (Å²) in [5, 5.41) is 0. The minimum atomic E-state index is -1.78. The Morgan fingerprint density at radius 1 is 0.684 bits per heavy atom. The molecule has 0 bridgehead atoms. The maximum atomic E-state index is 7.38. The van der Waals surface area contributed by atoms with E-state index < -0.39 is 5.96 Å². The molecule has 0 aliphatic carbocycles. The topological polar surface area (TPSA) is 0 Å². The molecule has 2 heteroatoms. The van der Waals surface area contributed by atoms with Crippen LogP contribution in [-0.4, -0.2) is 24.6 Å². The van der Waals surface area contributed by atoms with E-state index in [1.165, 1.54) is 95.3 Å². The van der Waals surface area contributed by atoms with Gasteiger partial charge in [0.15, 0.2) is 0 Å². The molecule has 0 spiro atoms. The monoisotopic (exact) mass is 306 g/mol. The minimum absolute atomic E-state index is 1.32. The third-order valence-electron chi connectivity index (χ3n) is 5.07. The summed E-state index contributed by atoms with van der Waals surface area (Å²) in [6.07, 6.45) is 21.0. The fraction of sp³-hybridized carbons (Fsp3) is 1.00. The molecule has 0 radical (unpaired) electrons. The van der Waals surface area contributed by atoms with Gasteiger partial charge < -0.3 is 0 Å². The molecular formula is C17H36ClP. The summed E-state index contributed by atoms with van der Waals surface area (Å²) in [4.78, 5) is 0. The van der Waals surface area contributed by atoms with Crippen LogP contribution in [0.4, 0.5) is 0 Å². The van der Waals surface area contributed by atoms with E-state index >= 15 is 0 Å². The Hall–Kier alpha value is 0.720. The quantitative estimate of drug-likeness (QED) is 0.300. The molecule has 0 aromatic heterocycles. The van der Waals surface area contributed by atoms with Gasteiger partial charge in [-0.25, -0.2) is 0 Å². The Labute approximate surface area is 126 Å². The van der Waals surface area contributed by atoms with Gasteiger partial charge in [-0.05, 0) is 0 Å². The second-order valence-electron chi connectivity index (χ2n) is 6.90. The van der Waals surface area contributed by atoms with Gasteiger partial charge in [-0.15, -0.1) is 0 Å². The van der Waals surface area contributed by atoms with E-state index in [4.69, 9.17) is 11.2 Å². The van der Waals surface area contributed by atoms with Crippen molar-refractivity contribution in [3.8, 4) is 0 Å². The van der Waals surface area contributed by atoms with Gasteiger partial charge in [0.25, 0.3) is 0 Å². The Morgan fingerprint density at radius 3 is 1.84 bits per heavy atom. The second-order valence-corrected chi connectivity index (χ2v) is 15.2. The molecule has 19 heavy (non-hydrogen) atoms. The van der Waals surface area contributed by atoms with Crippen LogP contribution >= 0.6 is 17.2 Å². The molecule has 1 saturated heterocycles. The predicted octanol–water partition coefficient (Wildman–Crippen LogP) is 7.04. The van der Waals surface area contributed by atoms with Gasteiger partial charge in [0.05, 0.1) is 0 Å². The summed E-state index contributed by atoms with van der Waals surface area (Å²) >= 11 is 7.38. The fourth-order valence-electron chi connectivity index (χ4n) is 3.70. The van der Waals surface area contributed by atoms with Crippen LogP contribution in [0.15, 0.2) is 0 Å². The Bertz CT molecular complexity index is 233. The molecule has 0 aromatic carbocycles. The van der Waals surface area contributed by atoms with Crippen molar-refractivity contribution in [3.05, 3.63) is 0 Å².